The minimum Gasteiger partial charge on any atom is -0.507 e. The second-order valence-corrected chi connectivity index (χ2v) is 6.63. The number of aliphatic hydroxyl groups is 1. The molecule has 1 atom stereocenters. The van der Waals surface area contributed by atoms with Crippen molar-refractivity contribution in [1.29, 1.82) is 0 Å². The highest BCUT2D eigenvalue weighted by Crippen LogP contribution is 2.44. The maximum absolute atomic E-state index is 13.5. The molecule has 4 rings (SSSR count). The molecule has 1 aliphatic rings. The summed E-state index contributed by atoms with van der Waals surface area (Å²) in [4.78, 5) is 31.2. The molecular formula is C23H17FN2O4. The van der Waals surface area contributed by atoms with Crippen molar-refractivity contribution >= 4 is 23.1 Å². The third-order valence-corrected chi connectivity index (χ3v) is 4.92. The lowest BCUT2D eigenvalue weighted by molar-refractivity contribution is -0.132. The highest BCUT2D eigenvalue weighted by Gasteiger charge is 2.47. The molecule has 1 amide bonds. The predicted molar refractivity (Wildman–Crippen MR) is 108 cm³/mol. The van der Waals surface area contributed by atoms with Crippen LogP contribution in [0.25, 0.3) is 5.76 Å². The first-order valence-electron chi connectivity index (χ1n) is 9.13. The Hall–Kier alpha value is -4.00. The predicted octanol–water partition coefficient (Wildman–Crippen LogP) is 3.86. The van der Waals surface area contributed by atoms with E-state index in [1.165, 1.54) is 48.7 Å². The molecule has 7 heteroatoms. The molecule has 0 radical (unpaired) electrons. The molecule has 1 aromatic heterocycles. The molecule has 0 saturated carbocycles. The van der Waals surface area contributed by atoms with E-state index in [0.717, 1.165) is 0 Å². The number of anilines is 1. The fourth-order valence-corrected chi connectivity index (χ4v) is 3.55. The van der Waals surface area contributed by atoms with Gasteiger partial charge < -0.3 is 9.84 Å². The molecule has 1 unspecified atom stereocenters. The number of carbonyl (C=O) groups is 2. The number of ether oxygens (including phenoxy) is 1. The topological polar surface area (TPSA) is 79.7 Å². The van der Waals surface area contributed by atoms with Gasteiger partial charge in [0.1, 0.15) is 17.3 Å². The number of halogens is 1. The number of Topliss-reactive ketones (excluding diaryl/α,β-unsaturated/α-hetero) is 1. The Morgan fingerprint density at radius 3 is 2.47 bits per heavy atom. The standard InChI is InChI=1S/C23H17FN2O4/c1-30-18-7-3-2-6-17(18)20-19(21(27)14-5-4-12-25-13-14)22(28)23(29)26(20)16-10-8-15(24)9-11-16/h2-13,20,27H,1H3. The van der Waals surface area contributed by atoms with E-state index in [1.54, 1.807) is 36.4 Å². The number of aromatic nitrogens is 1. The van der Waals surface area contributed by atoms with E-state index < -0.39 is 23.5 Å². The van der Waals surface area contributed by atoms with E-state index in [4.69, 9.17) is 4.74 Å². The van der Waals surface area contributed by atoms with Gasteiger partial charge in [0.15, 0.2) is 0 Å². The Balaban J connectivity index is 1.98. The Morgan fingerprint density at radius 2 is 1.80 bits per heavy atom. The van der Waals surface area contributed by atoms with Gasteiger partial charge in [-0.3, -0.25) is 19.5 Å². The summed E-state index contributed by atoms with van der Waals surface area (Å²) in [6.45, 7) is 0. The van der Waals surface area contributed by atoms with Crippen LogP contribution in [0.5, 0.6) is 5.75 Å². The molecule has 1 aliphatic heterocycles. The minimum absolute atomic E-state index is 0.0955. The van der Waals surface area contributed by atoms with E-state index in [9.17, 15) is 19.1 Å². The highest BCUT2D eigenvalue weighted by molar-refractivity contribution is 6.51. The molecule has 0 bridgehead atoms. The highest BCUT2D eigenvalue weighted by atomic mass is 19.1. The first-order valence-corrected chi connectivity index (χ1v) is 9.13. The fraction of sp³-hybridized carbons (Fsp3) is 0.0870. The maximum atomic E-state index is 13.5. The summed E-state index contributed by atoms with van der Waals surface area (Å²) in [5, 5.41) is 11.0. The summed E-state index contributed by atoms with van der Waals surface area (Å²) in [6, 6.07) is 14.4. The molecule has 30 heavy (non-hydrogen) atoms. The maximum Gasteiger partial charge on any atom is 0.300 e. The molecular weight excluding hydrogens is 387 g/mol. The van der Waals surface area contributed by atoms with E-state index in [2.05, 4.69) is 4.98 Å². The third kappa shape index (κ3) is 3.20. The first kappa shape index (κ1) is 19.3. The molecule has 2 heterocycles. The van der Waals surface area contributed by atoms with Gasteiger partial charge in [-0.1, -0.05) is 18.2 Å². The second-order valence-electron chi connectivity index (χ2n) is 6.63. The van der Waals surface area contributed by atoms with Crippen LogP contribution in [-0.4, -0.2) is 28.9 Å². The Labute approximate surface area is 171 Å². The van der Waals surface area contributed by atoms with Crippen LogP contribution in [0.3, 0.4) is 0 Å². The van der Waals surface area contributed by atoms with Crippen molar-refractivity contribution in [3.05, 3.63) is 95.6 Å². The SMILES string of the molecule is COc1ccccc1C1C(=C(O)c2cccnc2)C(=O)C(=O)N1c1ccc(F)cc1. The van der Waals surface area contributed by atoms with Crippen LogP contribution >= 0.6 is 0 Å². The molecule has 150 valence electrons. The molecule has 3 aromatic rings. The number of para-hydroxylation sites is 1. The van der Waals surface area contributed by atoms with Gasteiger partial charge in [0.25, 0.3) is 11.7 Å². The molecule has 1 N–H and O–H groups in total. The van der Waals surface area contributed by atoms with E-state index in [1.807, 2.05) is 0 Å². The monoisotopic (exact) mass is 404 g/mol. The van der Waals surface area contributed by atoms with Gasteiger partial charge in [0, 0.05) is 29.2 Å². The summed E-state index contributed by atoms with van der Waals surface area (Å²) in [6.07, 6.45) is 2.94. The number of hydrogen-bond acceptors (Lipinski definition) is 5. The van der Waals surface area contributed by atoms with Gasteiger partial charge in [-0.2, -0.15) is 0 Å². The number of pyridine rings is 1. The zero-order valence-electron chi connectivity index (χ0n) is 15.9. The zero-order chi connectivity index (χ0) is 21.3. The molecule has 1 saturated heterocycles. The van der Waals surface area contributed by atoms with E-state index in [0.29, 0.717) is 22.6 Å². The van der Waals surface area contributed by atoms with Crippen molar-refractivity contribution in [2.24, 2.45) is 0 Å². The van der Waals surface area contributed by atoms with Crippen molar-refractivity contribution in [1.82, 2.24) is 4.98 Å². The van der Waals surface area contributed by atoms with Crippen LogP contribution in [-0.2, 0) is 9.59 Å². The molecule has 6 nitrogen and oxygen atoms in total. The van der Waals surface area contributed by atoms with E-state index >= 15 is 0 Å². The van der Waals surface area contributed by atoms with Crippen LogP contribution in [0.1, 0.15) is 17.2 Å². The van der Waals surface area contributed by atoms with Crippen molar-refractivity contribution in [2.45, 2.75) is 6.04 Å². The van der Waals surface area contributed by atoms with Crippen molar-refractivity contribution < 1.29 is 23.8 Å². The largest absolute Gasteiger partial charge is 0.507 e. The summed E-state index contributed by atoms with van der Waals surface area (Å²) < 4.78 is 18.9. The van der Waals surface area contributed by atoms with Crippen molar-refractivity contribution in [3.8, 4) is 5.75 Å². The van der Waals surface area contributed by atoms with Crippen LogP contribution in [0, 0.1) is 5.82 Å². The molecule has 0 aliphatic carbocycles. The normalized spacial score (nSPS) is 17.9. The summed E-state index contributed by atoms with van der Waals surface area (Å²) in [5.41, 5.74) is 1.03. The van der Waals surface area contributed by atoms with Crippen molar-refractivity contribution in [3.63, 3.8) is 0 Å². The molecule has 0 spiro atoms. The number of aliphatic hydroxyl groups excluding tert-OH is 1. The Kier molecular flexibility index (Phi) is 5.02. The Bertz CT molecular complexity index is 1140. The second kappa shape index (κ2) is 7.79. The first-order chi connectivity index (χ1) is 14.5. The molecule has 1 fully saturated rings. The van der Waals surface area contributed by atoms with Gasteiger partial charge in [0.05, 0.1) is 18.7 Å². The summed E-state index contributed by atoms with van der Waals surface area (Å²) in [5.74, 6) is -2.06. The number of methoxy groups -OCH3 is 1. The lowest BCUT2D eigenvalue weighted by Crippen LogP contribution is -2.29. The minimum atomic E-state index is -0.966. The lowest BCUT2D eigenvalue weighted by atomic mass is 9.95. The van der Waals surface area contributed by atoms with E-state index in [-0.39, 0.29) is 11.3 Å². The van der Waals surface area contributed by atoms with Gasteiger partial charge in [-0.15, -0.1) is 0 Å². The summed E-state index contributed by atoms with van der Waals surface area (Å²) in [7, 11) is 1.48. The third-order valence-electron chi connectivity index (χ3n) is 4.92. The fourth-order valence-electron chi connectivity index (χ4n) is 3.55. The average Bonchev–Trinajstić information content (AvgIpc) is 3.05. The quantitative estimate of drug-likeness (QED) is 0.406. The number of amides is 1. The number of ketones is 1. The number of hydrogen-bond donors (Lipinski definition) is 1. The van der Waals surface area contributed by atoms with Crippen molar-refractivity contribution in [2.75, 3.05) is 12.0 Å². The lowest BCUT2D eigenvalue weighted by Gasteiger charge is -2.26. The molecule has 2 aromatic carbocycles. The number of carbonyl (C=O) groups excluding carboxylic acids is 2. The number of benzene rings is 2. The van der Waals surface area contributed by atoms with Crippen LogP contribution in [0.4, 0.5) is 10.1 Å². The van der Waals surface area contributed by atoms with Gasteiger partial charge in [0.2, 0.25) is 0 Å². The van der Waals surface area contributed by atoms with Gasteiger partial charge in [-0.05, 0) is 42.5 Å². The number of rotatable bonds is 4. The number of nitrogens with zero attached hydrogens (tertiary/aromatic N) is 2. The average molecular weight is 404 g/mol. The smallest absolute Gasteiger partial charge is 0.300 e. The van der Waals surface area contributed by atoms with Crippen LogP contribution < -0.4 is 9.64 Å². The summed E-state index contributed by atoms with van der Waals surface area (Å²) >= 11 is 0. The van der Waals surface area contributed by atoms with Gasteiger partial charge in [-0.25, -0.2) is 4.39 Å². The van der Waals surface area contributed by atoms with Crippen LogP contribution in [0.15, 0.2) is 78.6 Å². The van der Waals surface area contributed by atoms with Gasteiger partial charge >= 0.3 is 0 Å². The van der Waals surface area contributed by atoms with Crippen LogP contribution in [0.2, 0.25) is 0 Å². The zero-order valence-corrected chi connectivity index (χ0v) is 15.9. The Morgan fingerprint density at radius 1 is 1.07 bits per heavy atom.